The Morgan fingerprint density at radius 3 is 2.55 bits per heavy atom. The summed E-state index contributed by atoms with van der Waals surface area (Å²) in [7, 11) is 1.63. The molecule has 0 bridgehead atoms. The summed E-state index contributed by atoms with van der Waals surface area (Å²) in [4.78, 5) is 15.7. The lowest BCUT2D eigenvalue weighted by Crippen LogP contribution is -2.23. The summed E-state index contributed by atoms with van der Waals surface area (Å²) in [5.41, 5.74) is 3.47. The normalized spacial score (nSPS) is 10.7. The van der Waals surface area contributed by atoms with E-state index in [0.717, 1.165) is 33.5 Å². The fourth-order valence-corrected chi connectivity index (χ4v) is 3.12. The van der Waals surface area contributed by atoms with Crippen LogP contribution in [0.5, 0.6) is 11.5 Å². The molecule has 1 amide bonds. The molecule has 146 valence electrons. The van der Waals surface area contributed by atoms with E-state index in [1.54, 1.807) is 7.11 Å². The van der Waals surface area contributed by atoms with Crippen molar-refractivity contribution in [3.8, 4) is 11.5 Å². The van der Waals surface area contributed by atoms with E-state index in [-0.39, 0.29) is 5.91 Å². The van der Waals surface area contributed by atoms with Gasteiger partial charge in [0.1, 0.15) is 23.8 Å². The molecular weight excluding hydrogens is 364 g/mol. The summed E-state index contributed by atoms with van der Waals surface area (Å²) in [5, 5.41) is 3.89. The topological polar surface area (TPSA) is 63.4 Å². The molecule has 5 heteroatoms. The number of ether oxygens (including phenoxy) is 2. The third kappa shape index (κ3) is 4.58. The molecule has 3 aromatic carbocycles. The molecule has 1 aromatic heterocycles. The van der Waals surface area contributed by atoms with E-state index in [1.165, 1.54) is 0 Å². The lowest BCUT2D eigenvalue weighted by Gasteiger charge is -2.06. The van der Waals surface area contributed by atoms with Crippen molar-refractivity contribution < 1.29 is 14.3 Å². The predicted octanol–water partition coefficient (Wildman–Crippen LogP) is 4.69. The van der Waals surface area contributed by atoms with Crippen LogP contribution in [0.25, 0.3) is 10.9 Å². The fraction of sp³-hybridized carbons (Fsp3) is 0.125. The summed E-state index contributed by atoms with van der Waals surface area (Å²) in [6.45, 7) is 0.928. The second kappa shape index (κ2) is 8.52. The Morgan fingerprint density at radius 1 is 0.897 bits per heavy atom. The van der Waals surface area contributed by atoms with Crippen LogP contribution in [0.2, 0.25) is 0 Å². The Balaban J connectivity index is 1.41. The zero-order chi connectivity index (χ0) is 20.1. The van der Waals surface area contributed by atoms with E-state index < -0.39 is 0 Å². The molecule has 0 radical (unpaired) electrons. The first-order valence-electron chi connectivity index (χ1n) is 9.42. The van der Waals surface area contributed by atoms with Crippen molar-refractivity contribution in [2.24, 2.45) is 0 Å². The highest BCUT2D eigenvalue weighted by Crippen LogP contribution is 2.22. The minimum absolute atomic E-state index is 0.157. The van der Waals surface area contributed by atoms with Gasteiger partial charge in [-0.25, -0.2) is 0 Å². The number of H-pyrrole nitrogens is 1. The quantitative estimate of drug-likeness (QED) is 0.484. The van der Waals surface area contributed by atoms with E-state index in [4.69, 9.17) is 9.47 Å². The lowest BCUT2D eigenvalue weighted by molar-refractivity contribution is 0.0946. The number of aromatic amines is 1. The Kier molecular flexibility index (Phi) is 5.47. The van der Waals surface area contributed by atoms with Crippen molar-refractivity contribution >= 4 is 16.8 Å². The highest BCUT2D eigenvalue weighted by atomic mass is 16.5. The van der Waals surface area contributed by atoms with Crippen LogP contribution >= 0.6 is 0 Å². The number of aromatic nitrogens is 1. The number of methoxy groups -OCH3 is 1. The largest absolute Gasteiger partial charge is 0.497 e. The molecule has 0 aliphatic heterocycles. The Bertz CT molecular complexity index is 1120. The standard InChI is InChI=1S/C24H22N2O3/c1-28-20-9-5-8-18(12-20)15-25-24(27)23-13-19-10-11-21(14-22(19)26-23)29-16-17-6-3-2-4-7-17/h2-14,26H,15-16H2,1H3,(H,25,27). The number of nitrogens with one attached hydrogen (secondary N) is 2. The van der Waals surface area contributed by atoms with Gasteiger partial charge < -0.3 is 19.8 Å². The molecule has 29 heavy (non-hydrogen) atoms. The van der Waals surface area contributed by atoms with Gasteiger partial charge in [-0.15, -0.1) is 0 Å². The lowest BCUT2D eigenvalue weighted by atomic mass is 10.2. The zero-order valence-electron chi connectivity index (χ0n) is 16.1. The second-order valence-electron chi connectivity index (χ2n) is 6.74. The van der Waals surface area contributed by atoms with Crippen molar-refractivity contribution in [1.29, 1.82) is 0 Å². The Hall–Kier alpha value is -3.73. The maximum atomic E-state index is 12.5. The number of hydrogen-bond donors (Lipinski definition) is 2. The van der Waals surface area contributed by atoms with Gasteiger partial charge in [0.25, 0.3) is 5.91 Å². The molecule has 0 aliphatic rings. The number of carbonyl (C=O) groups excluding carboxylic acids is 1. The molecule has 0 saturated carbocycles. The Labute approximate surface area is 169 Å². The van der Waals surface area contributed by atoms with Gasteiger partial charge in [0, 0.05) is 23.5 Å². The smallest absolute Gasteiger partial charge is 0.267 e. The summed E-state index contributed by atoms with van der Waals surface area (Å²) in [6.07, 6.45) is 0. The average molecular weight is 386 g/mol. The molecule has 1 heterocycles. The second-order valence-corrected chi connectivity index (χ2v) is 6.74. The number of rotatable bonds is 7. The predicted molar refractivity (Wildman–Crippen MR) is 113 cm³/mol. The molecule has 0 saturated heterocycles. The van der Waals surface area contributed by atoms with E-state index in [2.05, 4.69) is 10.3 Å². The van der Waals surface area contributed by atoms with Crippen molar-refractivity contribution in [2.45, 2.75) is 13.2 Å². The molecule has 2 N–H and O–H groups in total. The first kappa shape index (κ1) is 18.6. The van der Waals surface area contributed by atoms with E-state index in [9.17, 15) is 4.79 Å². The van der Waals surface area contributed by atoms with Crippen LogP contribution < -0.4 is 14.8 Å². The molecule has 4 rings (SSSR count). The average Bonchev–Trinajstić information content (AvgIpc) is 3.20. The number of fused-ring (bicyclic) bond motifs is 1. The number of benzene rings is 3. The van der Waals surface area contributed by atoms with Gasteiger partial charge in [-0.2, -0.15) is 0 Å². The van der Waals surface area contributed by atoms with Crippen molar-refractivity contribution in [1.82, 2.24) is 10.3 Å². The molecule has 0 fully saturated rings. The Morgan fingerprint density at radius 2 is 1.72 bits per heavy atom. The molecule has 0 aliphatic carbocycles. The molecule has 0 spiro atoms. The van der Waals surface area contributed by atoms with Gasteiger partial charge in [0.15, 0.2) is 0 Å². The van der Waals surface area contributed by atoms with E-state index in [0.29, 0.717) is 18.8 Å². The van der Waals surface area contributed by atoms with Gasteiger partial charge in [-0.05, 0) is 41.5 Å². The van der Waals surface area contributed by atoms with Crippen molar-refractivity contribution in [3.63, 3.8) is 0 Å². The van der Waals surface area contributed by atoms with Crippen molar-refractivity contribution in [3.05, 3.63) is 95.7 Å². The van der Waals surface area contributed by atoms with Gasteiger partial charge in [0.2, 0.25) is 0 Å². The first-order valence-corrected chi connectivity index (χ1v) is 9.42. The van der Waals surface area contributed by atoms with Crippen LogP contribution in [0.1, 0.15) is 21.6 Å². The zero-order valence-corrected chi connectivity index (χ0v) is 16.1. The summed E-state index contributed by atoms with van der Waals surface area (Å²) in [6, 6.07) is 25.3. The van der Waals surface area contributed by atoms with Crippen LogP contribution in [0.3, 0.4) is 0 Å². The first-order chi connectivity index (χ1) is 14.2. The van der Waals surface area contributed by atoms with Crippen LogP contribution in [0, 0.1) is 0 Å². The molecule has 4 aromatic rings. The van der Waals surface area contributed by atoms with Gasteiger partial charge in [0.05, 0.1) is 7.11 Å². The van der Waals surface area contributed by atoms with Crippen LogP contribution in [0.15, 0.2) is 78.9 Å². The maximum absolute atomic E-state index is 12.5. The third-order valence-corrected chi connectivity index (χ3v) is 4.67. The monoisotopic (exact) mass is 386 g/mol. The number of hydrogen-bond acceptors (Lipinski definition) is 3. The number of carbonyl (C=O) groups is 1. The van der Waals surface area contributed by atoms with Crippen LogP contribution in [0.4, 0.5) is 0 Å². The maximum Gasteiger partial charge on any atom is 0.267 e. The summed E-state index contributed by atoms with van der Waals surface area (Å²) >= 11 is 0. The molecular formula is C24H22N2O3. The van der Waals surface area contributed by atoms with Crippen molar-refractivity contribution in [2.75, 3.05) is 7.11 Å². The minimum Gasteiger partial charge on any atom is -0.497 e. The molecule has 0 atom stereocenters. The van der Waals surface area contributed by atoms with Gasteiger partial charge >= 0.3 is 0 Å². The molecule has 5 nitrogen and oxygen atoms in total. The highest BCUT2D eigenvalue weighted by Gasteiger charge is 2.10. The summed E-state index contributed by atoms with van der Waals surface area (Å²) in [5.74, 6) is 1.37. The van der Waals surface area contributed by atoms with E-state index >= 15 is 0 Å². The van der Waals surface area contributed by atoms with Gasteiger partial charge in [-0.1, -0.05) is 42.5 Å². The highest BCUT2D eigenvalue weighted by molar-refractivity contribution is 5.98. The van der Waals surface area contributed by atoms with E-state index in [1.807, 2.05) is 78.9 Å². The molecule has 0 unspecified atom stereocenters. The third-order valence-electron chi connectivity index (χ3n) is 4.67. The minimum atomic E-state index is -0.157. The van der Waals surface area contributed by atoms with Crippen LogP contribution in [-0.4, -0.2) is 18.0 Å². The van der Waals surface area contributed by atoms with Crippen LogP contribution in [-0.2, 0) is 13.2 Å². The van der Waals surface area contributed by atoms with Gasteiger partial charge in [-0.3, -0.25) is 4.79 Å². The summed E-state index contributed by atoms with van der Waals surface area (Å²) < 4.78 is 11.1. The number of amides is 1. The fourth-order valence-electron chi connectivity index (χ4n) is 3.12. The SMILES string of the molecule is COc1cccc(CNC(=O)c2cc3ccc(OCc4ccccc4)cc3[nH]2)c1.